The lowest BCUT2D eigenvalue weighted by atomic mass is 10.1. The van der Waals surface area contributed by atoms with Gasteiger partial charge >= 0.3 is 6.36 Å². The van der Waals surface area contributed by atoms with Gasteiger partial charge in [-0.05, 0) is 43.3 Å². The Morgan fingerprint density at radius 3 is 2.56 bits per heavy atom. The molecule has 1 N–H and O–H groups in total. The number of amides is 1. The number of nitrogens with one attached hydrogen (secondary N) is 1. The van der Waals surface area contributed by atoms with Crippen molar-refractivity contribution in [2.75, 3.05) is 12.4 Å². The van der Waals surface area contributed by atoms with Gasteiger partial charge in [0, 0.05) is 17.1 Å². The van der Waals surface area contributed by atoms with Crippen molar-refractivity contribution < 1.29 is 27.4 Å². The SMILES string of the molecule is COc1ccc2nc(C)c(C(=O)Nc3cccc(OC(F)(F)F)c3)cc2c1. The quantitative estimate of drug-likeness (QED) is 0.717. The van der Waals surface area contributed by atoms with Crippen LogP contribution in [0, 0.1) is 6.92 Å². The summed E-state index contributed by atoms with van der Waals surface area (Å²) in [7, 11) is 1.53. The van der Waals surface area contributed by atoms with E-state index in [1.54, 1.807) is 31.2 Å². The van der Waals surface area contributed by atoms with Gasteiger partial charge in [0.05, 0.1) is 23.9 Å². The average Bonchev–Trinajstić information content (AvgIpc) is 2.59. The summed E-state index contributed by atoms with van der Waals surface area (Å²) in [5, 5.41) is 3.27. The van der Waals surface area contributed by atoms with Crippen LogP contribution in [0.25, 0.3) is 10.9 Å². The lowest BCUT2D eigenvalue weighted by molar-refractivity contribution is -0.274. The molecule has 0 bridgehead atoms. The molecule has 0 unspecified atom stereocenters. The number of hydrogen-bond acceptors (Lipinski definition) is 4. The number of fused-ring (bicyclic) bond motifs is 1. The Kier molecular flexibility index (Phi) is 4.89. The molecule has 0 saturated heterocycles. The Morgan fingerprint density at radius 1 is 1.07 bits per heavy atom. The predicted octanol–water partition coefficient (Wildman–Crippen LogP) is 4.70. The van der Waals surface area contributed by atoms with Crippen LogP contribution >= 0.6 is 0 Å². The normalized spacial score (nSPS) is 11.3. The fourth-order valence-electron chi connectivity index (χ4n) is 2.58. The number of pyridine rings is 1. The molecule has 8 heteroatoms. The first-order valence-electron chi connectivity index (χ1n) is 7.88. The third kappa shape index (κ3) is 4.46. The van der Waals surface area contributed by atoms with E-state index in [0.29, 0.717) is 27.9 Å². The molecule has 1 amide bonds. The monoisotopic (exact) mass is 376 g/mol. The molecule has 140 valence electrons. The summed E-state index contributed by atoms with van der Waals surface area (Å²) < 4.78 is 46.0. The number of aromatic nitrogens is 1. The zero-order valence-electron chi connectivity index (χ0n) is 14.4. The van der Waals surface area contributed by atoms with Gasteiger partial charge in [0.1, 0.15) is 11.5 Å². The number of benzene rings is 2. The summed E-state index contributed by atoms with van der Waals surface area (Å²) in [6, 6.07) is 12.0. The number of halogens is 3. The van der Waals surface area contributed by atoms with Crippen LogP contribution in [0.3, 0.4) is 0 Å². The number of hydrogen-bond donors (Lipinski definition) is 1. The fraction of sp³-hybridized carbons (Fsp3) is 0.158. The zero-order chi connectivity index (χ0) is 19.6. The zero-order valence-corrected chi connectivity index (χ0v) is 14.4. The van der Waals surface area contributed by atoms with Crippen molar-refractivity contribution in [1.29, 1.82) is 0 Å². The van der Waals surface area contributed by atoms with Crippen LogP contribution in [0.5, 0.6) is 11.5 Å². The van der Waals surface area contributed by atoms with Crippen molar-refractivity contribution in [1.82, 2.24) is 4.98 Å². The van der Waals surface area contributed by atoms with Gasteiger partial charge in [0.25, 0.3) is 5.91 Å². The first-order valence-corrected chi connectivity index (χ1v) is 7.88. The molecule has 1 aromatic heterocycles. The lowest BCUT2D eigenvalue weighted by Gasteiger charge is -2.12. The van der Waals surface area contributed by atoms with Crippen molar-refractivity contribution in [3.63, 3.8) is 0 Å². The number of aryl methyl sites for hydroxylation is 1. The van der Waals surface area contributed by atoms with Crippen LogP contribution in [-0.4, -0.2) is 24.4 Å². The van der Waals surface area contributed by atoms with Crippen LogP contribution in [0.15, 0.2) is 48.5 Å². The number of ether oxygens (including phenoxy) is 2. The second-order valence-corrected chi connectivity index (χ2v) is 5.71. The molecule has 0 atom stereocenters. The largest absolute Gasteiger partial charge is 0.573 e. The fourth-order valence-corrected chi connectivity index (χ4v) is 2.58. The molecule has 1 heterocycles. The Morgan fingerprint density at radius 2 is 1.85 bits per heavy atom. The maximum absolute atomic E-state index is 12.6. The van der Waals surface area contributed by atoms with Crippen molar-refractivity contribution in [2.45, 2.75) is 13.3 Å². The first kappa shape index (κ1) is 18.5. The van der Waals surface area contributed by atoms with E-state index >= 15 is 0 Å². The maximum atomic E-state index is 12.6. The summed E-state index contributed by atoms with van der Waals surface area (Å²) >= 11 is 0. The van der Waals surface area contributed by atoms with Gasteiger partial charge in [-0.25, -0.2) is 0 Å². The van der Waals surface area contributed by atoms with Crippen LogP contribution in [0.2, 0.25) is 0 Å². The van der Waals surface area contributed by atoms with Gasteiger partial charge in [0.2, 0.25) is 0 Å². The molecule has 0 aliphatic heterocycles. The van der Waals surface area contributed by atoms with Gasteiger partial charge in [-0.1, -0.05) is 6.07 Å². The van der Waals surface area contributed by atoms with E-state index in [0.717, 1.165) is 12.1 Å². The summed E-state index contributed by atoms with van der Waals surface area (Å²) in [4.78, 5) is 17.0. The summed E-state index contributed by atoms with van der Waals surface area (Å²) in [5.41, 5.74) is 1.67. The maximum Gasteiger partial charge on any atom is 0.573 e. The molecule has 0 radical (unpaired) electrons. The Hall–Kier alpha value is -3.29. The number of carbonyl (C=O) groups is 1. The minimum absolute atomic E-state index is 0.173. The highest BCUT2D eigenvalue weighted by Gasteiger charge is 2.31. The van der Waals surface area contributed by atoms with Crippen LogP contribution < -0.4 is 14.8 Å². The highest BCUT2D eigenvalue weighted by molar-refractivity contribution is 6.06. The molecule has 27 heavy (non-hydrogen) atoms. The van der Waals surface area contributed by atoms with Gasteiger partial charge < -0.3 is 14.8 Å². The van der Waals surface area contributed by atoms with Crippen molar-refractivity contribution in [3.05, 3.63) is 59.8 Å². The number of anilines is 1. The Bertz CT molecular complexity index is 1000. The standard InChI is InChI=1S/C19H15F3N2O3/c1-11-16(9-12-8-14(26-2)6-7-17(12)23-11)18(25)24-13-4-3-5-15(10-13)27-19(20,21)22/h3-10H,1-2H3,(H,24,25). The van der Waals surface area contributed by atoms with Crippen molar-refractivity contribution in [3.8, 4) is 11.5 Å². The Labute approximate surface area is 152 Å². The molecule has 0 fully saturated rings. The molecule has 0 saturated carbocycles. The topological polar surface area (TPSA) is 60.5 Å². The number of alkyl halides is 3. The molecule has 3 aromatic rings. The van der Waals surface area contributed by atoms with Gasteiger partial charge in [-0.3, -0.25) is 9.78 Å². The molecular weight excluding hydrogens is 361 g/mol. The van der Waals surface area contributed by atoms with E-state index in [4.69, 9.17) is 4.74 Å². The Balaban J connectivity index is 1.87. The number of rotatable bonds is 4. The molecule has 2 aromatic carbocycles. The van der Waals surface area contributed by atoms with Gasteiger partial charge in [0.15, 0.2) is 0 Å². The highest BCUT2D eigenvalue weighted by Crippen LogP contribution is 2.26. The first-order chi connectivity index (χ1) is 12.7. The molecule has 0 spiro atoms. The number of methoxy groups -OCH3 is 1. The van der Waals surface area contributed by atoms with Crippen molar-refractivity contribution in [2.24, 2.45) is 0 Å². The van der Waals surface area contributed by atoms with E-state index in [9.17, 15) is 18.0 Å². The van der Waals surface area contributed by atoms with E-state index < -0.39 is 18.0 Å². The molecule has 3 rings (SSSR count). The van der Waals surface area contributed by atoms with Crippen molar-refractivity contribution >= 4 is 22.5 Å². The second-order valence-electron chi connectivity index (χ2n) is 5.71. The van der Waals surface area contributed by atoms with E-state index in [2.05, 4.69) is 15.0 Å². The van der Waals surface area contributed by atoms with E-state index in [1.165, 1.54) is 19.2 Å². The minimum Gasteiger partial charge on any atom is -0.497 e. The minimum atomic E-state index is -4.81. The molecule has 5 nitrogen and oxygen atoms in total. The summed E-state index contributed by atoms with van der Waals surface area (Å²) in [5.74, 6) is -0.288. The lowest BCUT2D eigenvalue weighted by Crippen LogP contribution is -2.18. The molecule has 0 aliphatic carbocycles. The smallest absolute Gasteiger partial charge is 0.497 e. The third-order valence-corrected chi connectivity index (χ3v) is 3.78. The van der Waals surface area contributed by atoms with E-state index in [-0.39, 0.29) is 5.69 Å². The summed E-state index contributed by atoms with van der Waals surface area (Å²) in [6.45, 7) is 1.68. The number of carbonyl (C=O) groups excluding carboxylic acids is 1. The van der Waals surface area contributed by atoms with Crippen LogP contribution in [-0.2, 0) is 0 Å². The third-order valence-electron chi connectivity index (χ3n) is 3.78. The highest BCUT2D eigenvalue weighted by atomic mass is 19.4. The molecular formula is C19H15F3N2O3. The predicted molar refractivity (Wildman–Crippen MR) is 94.1 cm³/mol. The average molecular weight is 376 g/mol. The van der Waals surface area contributed by atoms with Gasteiger partial charge in [-0.15, -0.1) is 13.2 Å². The van der Waals surface area contributed by atoms with E-state index in [1.807, 2.05) is 0 Å². The molecule has 0 aliphatic rings. The van der Waals surface area contributed by atoms with Crippen LogP contribution in [0.4, 0.5) is 18.9 Å². The number of nitrogens with zero attached hydrogens (tertiary/aromatic N) is 1. The summed E-state index contributed by atoms with van der Waals surface area (Å²) in [6.07, 6.45) is -4.81. The van der Waals surface area contributed by atoms with Crippen LogP contribution in [0.1, 0.15) is 16.1 Å². The van der Waals surface area contributed by atoms with Gasteiger partial charge in [-0.2, -0.15) is 0 Å². The second kappa shape index (κ2) is 7.14.